The predicted octanol–water partition coefficient (Wildman–Crippen LogP) is 3.36. The van der Waals surface area contributed by atoms with E-state index >= 15 is 0 Å². The first-order chi connectivity index (χ1) is 10.7. The third-order valence-electron chi connectivity index (χ3n) is 3.08. The molecule has 2 aromatic carbocycles. The highest BCUT2D eigenvalue weighted by Crippen LogP contribution is 2.25. The van der Waals surface area contributed by atoms with Gasteiger partial charge in [0, 0.05) is 5.69 Å². The lowest BCUT2D eigenvalue weighted by Crippen LogP contribution is -2.21. The average Bonchev–Trinajstić information content (AvgIpc) is 2.95. The largest absolute Gasteiger partial charge is 0.497 e. The van der Waals surface area contributed by atoms with Crippen molar-refractivity contribution in [3.8, 4) is 5.75 Å². The molecule has 3 rings (SSSR count). The molecule has 3 aromatic rings. The number of ether oxygens (including phenoxy) is 1. The van der Waals surface area contributed by atoms with E-state index in [-0.39, 0.29) is 12.5 Å². The van der Waals surface area contributed by atoms with Gasteiger partial charge < -0.3 is 15.4 Å². The van der Waals surface area contributed by atoms with E-state index in [2.05, 4.69) is 15.6 Å². The van der Waals surface area contributed by atoms with Crippen LogP contribution in [-0.4, -0.2) is 24.5 Å². The summed E-state index contributed by atoms with van der Waals surface area (Å²) in [4.78, 5) is 16.3. The molecule has 0 bridgehead atoms. The number of thiazole rings is 1. The standard InChI is InChI=1S/C16H15N3O2S/c1-21-12-8-6-11(7-9-12)17-10-15(20)19-16-18-13-4-2-3-5-14(13)22-16/h2-9,17H,10H2,1H3,(H,18,19,20). The van der Waals surface area contributed by atoms with E-state index in [4.69, 9.17) is 4.74 Å². The Kier molecular flexibility index (Phi) is 4.20. The third kappa shape index (κ3) is 3.35. The Bertz CT molecular complexity index is 750. The summed E-state index contributed by atoms with van der Waals surface area (Å²) in [7, 11) is 1.62. The number of methoxy groups -OCH3 is 1. The molecule has 0 unspecified atom stereocenters. The Labute approximate surface area is 131 Å². The van der Waals surface area contributed by atoms with Crippen molar-refractivity contribution >= 4 is 38.3 Å². The lowest BCUT2D eigenvalue weighted by atomic mass is 10.3. The number of carbonyl (C=O) groups is 1. The third-order valence-corrected chi connectivity index (χ3v) is 4.04. The number of carbonyl (C=O) groups excluding carboxylic acids is 1. The Balaban J connectivity index is 1.57. The van der Waals surface area contributed by atoms with Crippen LogP contribution in [0.25, 0.3) is 10.2 Å². The molecule has 1 aromatic heterocycles. The first kappa shape index (κ1) is 14.3. The van der Waals surface area contributed by atoms with Crippen LogP contribution in [0.15, 0.2) is 48.5 Å². The van der Waals surface area contributed by atoms with Gasteiger partial charge in [-0.05, 0) is 36.4 Å². The molecule has 0 radical (unpaired) electrons. The molecule has 0 aliphatic carbocycles. The summed E-state index contributed by atoms with van der Waals surface area (Å²) in [6, 6.07) is 15.2. The number of benzene rings is 2. The maximum atomic E-state index is 12.0. The van der Waals surface area contributed by atoms with Crippen molar-refractivity contribution in [3.63, 3.8) is 0 Å². The molecule has 0 saturated carbocycles. The highest BCUT2D eigenvalue weighted by Gasteiger charge is 2.07. The molecule has 0 atom stereocenters. The lowest BCUT2D eigenvalue weighted by Gasteiger charge is -2.06. The molecular formula is C16H15N3O2S. The van der Waals surface area contributed by atoms with Crippen LogP contribution in [0.4, 0.5) is 10.8 Å². The Morgan fingerprint density at radius 1 is 1.18 bits per heavy atom. The molecule has 0 aliphatic heterocycles. The molecule has 6 heteroatoms. The van der Waals surface area contributed by atoms with Gasteiger partial charge in [-0.2, -0.15) is 0 Å². The molecule has 0 aliphatic rings. The smallest absolute Gasteiger partial charge is 0.245 e. The maximum absolute atomic E-state index is 12.0. The Morgan fingerprint density at radius 3 is 2.68 bits per heavy atom. The number of nitrogens with zero attached hydrogens (tertiary/aromatic N) is 1. The van der Waals surface area contributed by atoms with E-state index in [1.165, 1.54) is 11.3 Å². The zero-order valence-electron chi connectivity index (χ0n) is 12.0. The van der Waals surface area contributed by atoms with Crippen LogP contribution in [0.2, 0.25) is 0 Å². The van der Waals surface area contributed by atoms with Gasteiger partial charge >= 0.3 is 0 Å². The van der Waals surface area contributed by atoms with Crippen LogP contribution in [-0.2, 0) is 4.79 Å². The van der Waals surface area contributed by atoms with E-state index in [1.807, 2.05) is 48.5 Å². The topological polar surface area (TPSA) is 63.2 Å². The van der Waals surface area contributed by atoms with Crippen LogP contribution in [0.3, 0.4) is 0 Å². The minimum atomic E-state index is -0.130. The minimum Gasteiger partial charge on any atom is -0.497 e. The fraction of sp³-hybridized carbons (Fsp3) is 0.125. The number of aromatic nitrogens is 1. The van der Waals surface area contributed by atoms with Crippen LogP contribution in [0.5, 0.6) is 5.75 Å². The molecule has 1 amide bonds. The quantitative estimate of drug-likeness (QED) is 0.758. The van der Waals surface area contributed by atoms with Gasteiger partial charge in [0.15, 0.2) is 5.13 Å². The lowest BCUT2D eigenvalue weighted by molar-refractivity contribution is -0.114. The second-order valence-corrected chi connectivity index (χ2v) is 5.65. The van der Waals surface area contributed by atoms with E-state index in [1.54, 1.807) is 7.11 Å². The number of amides is 1. The number of fused-ring (bicyclic) bond motifs is 1. The first-order valence-electron chi connectivity index (χ1n) is 6.78. The summed E-state index contributed by atoms with van der Waals surface area (Å²) < 4.78 is 6.15. The molecule has 0 spiro atoms. The molecule has 2 N–H and O–H groups in total. The fourth-order valence-electron chi connectivity index (χ4n) is 1.98. The van der Waals surface area contributed by atoms with Crippen molar-refractivity contribution in [1.29, 1.82) is 0 Å². The van der Waals surface area contributed by atoms with Crippen molar-refractivity contribution in [2.75, 3.05) is 24.3 Å². The van der Waals surface area contributed by atoms with Crippen LogP contribution >= 0.6 is 11.3 Å². The van der Waals surface area contributed by atoms with Gasteiger partial charge in [-0.25, -0.2) is 4.98 Å². The Morgan fingerprint density at radius 2 is 1.95 bits per heavy atom. The fourth-order valence-corrected chi connectivity index (χ4v) is 2.86. The summed E-state index contributed by atoms with van der Waals surface area (Å²) in [5, 5.41) is 6.48. The van der Waals surface area contributed by atoms with Gasteiger partial charge in [0.2, 0.25) is 5.91 Å². The van der Waals surface area contributed by atoms with Crippen molar-refractivity contribution in [3.05, 3.63) is 48.5 Å². The molecular weight excluding hydrogens is 298 g/mol. The zero-order valence-corrected chi connectivity index (χ0v) is 12.8. The molecule has 0 saturated heterocycles. The van der Waals surface area contributed by atoms with E-state index in [0.717, 1.165) is 21.7 Å². The van der Waals surface area contributed by atoms with Gasteiger partial charge in [0.1, 0.15) is 5.75 Å². The van der Waals surface area contributed by atoms with Crippen molar-refractivity contribution < 1.29 is 9.53 Å². The van der Waals surface area contributed by atoms with E-state index in [9.17, 15) is 4.79 Å². The maximum Gasteiger partial charge on any atom is 0.245 e. The van der Waals surface area contributed by atoms with Gasteiger partial charge in [-0.1, -0.05) is 23.5 Å². The molecule has 112 valence electrons. The number of para-hydroxylation sites is 1. The minimum absolute atomic E-state index is 0.130. The number of rotatable bonds is 5. The summed E-state index contributed by atoms with van der Waals surface area (Å²) in [6.07, 6.45) is 0. The van der Waals surface area contributed by atoms with Crippen molar-refractivity contribution in [1.82, 2.24) is 4.98 Å². The van der Waals surface area contributed by atoms with E-state index < -0.39 is 0 Å². The van der Waals surface area contributed by atoms with Gasteiger partial charge in [-0.3, -0.25) is 4.79 Å². The van der Waals surface area contributed by atoms with Crippen LogP contribution in [0, 0.1) is 0 Å². The summed E-state index contributed by atoms with van der Waals surface area (Å²) >= 11 is 1.46. The number of nitrogens with one attached hydrogen (secondary N) is 2. The average molecular weight is 313 g/mol. The monoisotopic (exact) mass is 313 g/mol. The second kappa shape index (κ2) is 6.44. The SMILES string of the molecule is COc1ccc(NCC(=O)Nc2nc3ccccc3s2)cc1. The highest BCUT2D eigenvalue weighted by atomic mass is 32.1. The van der Waals surface area contributed by atoms with Gasteiger partial charge in [0.05, 0.1) is 23.9 Å². The molecule has 0 fully saturated rings. The van der Waals surface area contributed by atoms with Crippen molar-refractivity contribution in [2.24, 2.45) is 0 Å². The van der Waals surface area contributed by atoms with E-state index in [0.29, 0.717) is 5.13 Å². The normalized spacial score (nSPS) is 10.4. The number of anilines is 2. The summed E-state index contributed by atoms with van der Waals surface area (Å²) in [6.45, 7) is 0.183. The first-order valence-corrected chi connectivity index (χ1v) is 7.59. The summed E-state index contributed by atoms with van der Waals surface area (Å²) in [5.41, 5.74) is 1.76. The number of hydrogen-bond acceptors (Lipinski definition) is 5. The van der Waals surface area contributed by atoms with Crippen LogP contribution < -0.4 is 15.4 Å². The second-order valence-electron chi connectivity index (χ2n) is 4.62. The highest BCUT2D eigenvalue weighted by molar-refractivity contribution is 7.22. The van der Waals surface area contributed by atoms with Crippen LogP contribution in [0.1, 0.15) is 0 Å². The van der Waals surface area contributed by atoms with Gasteiger partial charge in [0.25, 0.3) is 0 Å². The number of hydrogen-bond donors (Lipinski definition) is 2. The van der Waals surface area contributed by atoms with Gasteiger partial charge in [-0.15, -0.1) is 0 Å². The summed E-state index contributed by atoms with van der Waals surface area (Å²) in [5.74, 6) is 0.652. The van der Waals surface area contributed by atoms with Crippen molar-refractivity contribution in [2.45, 2.75) is 0 Å². The predicted molar refractivity (Wildman–Crippen MR) is 89.7 cm³/mol. The molecule has 1 heterocycles. The zero-order chi connectivity index (χ0) is 15.4. The Hall–Kier alpha value is -2.60. The molecule has 5 nitrogen and oxygen atoms in total. The molecule has 22 heavy (non-hydrogen) atoms.